The minimum Gasteiger partial charge on any atom is -0.379 e. The molecule has 4 bridgehead atoms. The number of nitrogens with one attached hydrogen (secondary N) is 1. The molecule has 1 amide bonds. The highest BCUT2D eigenvalue weighted by Gasteiger charge is 2.25. The van der Waals surface area contributed by atoms with Crippen LogP contribution in [-0.4, -0.2) is 115 Å². The first kappa shape index (κ1) is 28.8. The number of carbonyl (C=O) groups is 1. The number of rotatable bonds is 3. The van der Waals surface area contributed by atoms with Gasteiger partial charge in [-0.05, 0) is 42.4 Å². The van der Waals surface area contributed by atoms with E-state index in [1.165, 1.54) is 6.07 Å². The lowest BCUT2D eigenvalue weighted by molar-refractivity contribution is -0.135. The fourth-order valence-electron chi connectivity index (χ4n) is 6.37. The first-order valence-electron chi connectivity index (χ1n) is 15.4. The quantitative estimate of drug-likeness (QED) is 0.384. The first-order valence-corrected chi connectivity index (χ1v) is 15.4. The fraction of sp³-hybridized carbons (Fsp3) is 0.424. The molecule has 3 aliphatic rings. The Bertz CT molecular complexity index is 1650. The SMILES string of the molecule is CN1CCN(c2ccc3cc2CN(C(=O)CN2CCOCC2)CCOCc2cccc(F)c2-c2cc4c-3n[nH]c4cn2)CC1. The van der Waals surface area contributed by atoms with Crippen LogP contribution in [0.3, 0.4) is 0 Å². The Balaban J connectivity index is 1.32. The molecule has 0 unspecified atom stereocenters. The molecule has 10 nitrogen and oxygen atoms in total. The second kappa shape index (κ2) is 12.6. The molecule has 230 valence electrons. The zero-order chi connectivity index (χ0) is 30.0. The molecule has 0 spiro atoms. The van der Waals surface area contributed by atoms with Crippen molar-refractivity contribution in [2.75, 3.05) is 84.1 Å². The summed E-state index contributed by atoms with van der Waals surface area (Å²) in [6, 6.07) is 13.3. The number of halogens is 1. The maximum atomic E-state index is 15.3. The third-order valence-corrected chi connectivity index (χ3v) is 8.94. The van der Waals surface area contributed by atoms with Gasteiger partial charge in [-0.1, -0.05) is 18.2 Å². The number of benzene rings is 2. The van der Waals surface area contributed by atoms with Crippen molar-refractivity contribution in [2.45, 2.75) is 13.2 Å². The molecule has 11 heteroatoms. The number of aromatic amines is 1. The molecule has 1 N–H and O–H groups in total. The van der Waals surface area contributed by atoms with Crippen LogP contribution in [0.1, 0.15) is 11.1 Å². The van der Waals surface area contributed by atoms with E-state index >= 15 is 4.39 Å². The van der Waals surface area contributed by atoms with Gasteiger partial charge in [0.05, 0.1) is 50.4 Å². The van der Waals surface area contributed by atoms with Crippen LogP contribution < -0.4 is 4.90 Å². The molecule has 5 heterocycles. The number of nitrogens with zero attached hydrogens (tertiary/aromatic N) is 6. The van der Waals surface area contributed by atoms with Crippen LogP contribution in [0.2, 0.25) is 0 Å². The van der Waals surface area contributed by atoms with Crippen molar-refractivity contribution >= 4 is 22.5 Å². The third kappa shape index (κ3) is 5.92. The Morgan fingerprint density at radius 1 is 0.955 bits per heavy atom. The number of pyridine rings is 1. The van der Waals surface area contributed by atoms with Crippen molar-refractivity contribution < 1.29 is 18.7 Å². The van der Waals surface area contributed by atoms with E-state index in [4.69, 9.17) is 9.47 Å². The Hall–Kier alpha value is -3.90. The van der Waals surface area contributed by atoms with E-state index in [1.807, 2.05) is 17.0 Å². The molecular weight excluding hydrogens is 561 g/mol. The van der Waals surface area contributed by atoms with E-state index in [9.17, 15) is 4.79 Å². The molecule has 0 atom stereocenters. The predicted molar refractivity (Wildman–Crippen MR) is 167 cm³/mol. The van der Waals surface area contributed by atoms with Gasteiger partial charge in [0.1, 0.15) is 11.5 Å². The van der Waals surface area contributed by atoms with Crippen molar-refractivity contribution in [3.63, 3.8) is 0 Å². The number of H-pyrrole nitrogens is 1. The van der Waals surface area contributed by atoms with E-state index in [0.29, 0.717) is 56.3 Å². The van der Waals surface area contributed by atoms with Crippen LogP contribution in [0.25, 0.3) is 33.4 Å². The van der Waals surface area contributed by atoms with Gasteiger partial charge in [-0.25, -0.2) is 4.39 Å². The molecule has 0 saturated carbocycles. The lowest BCUT2D eigenvalue weighted by atomic mass is 10.00. The highest BCUT2D eigenvalue weighted by molar-refractivity contribution is 5.95. The van der Waals surface area contributed by atoms with Gasteiger partial charge in [0.2, 0.25) is 5.91 Å². The lowest BCUT2D eigenvalue weighted by Gasteiger charge is -2.36. The number of piperazine rings is 1. The van der Waals surface area contributed by atoms with E-state index < -0.39 is 0 Å². The maximum Gasteiger partial charge on any atom is 0.237 e. The second-order valence-electron chi connectivity index (χ2n) is 11.9. The monoisotopic (exact) mass is 599 g/mol. The standard InChI is InChI=1S/C33H38FN7O3/c1-38-7-9-40(10-8-38)30-6-5-23-17-25(30)20-41(31(42)21-39-11-14-43-15-12-39)13-16-44-22-24-3-2-4-27(34)32(24)28-18-26-29(19-35-28)36-37-33(23)26/h2-6,17-19H,7-16,20-22H2,1H3,(H,36,37). The molecule has 4 aromatic rings. The molecule has 2 aromatic carbocycles. The van der Waals surface area contributed by atoms with Gasteiger partial charge >= 0.3 is 0 Å². The summed E-state index contributed by atoms with van der Waals surface area (Å²) in [6.45, 7) is 8.25. The Morgan fingerprint density at radius 3 is 2.61 bits per heavy atom. The number of ether oxygens (including phenoxy) is 2. The van der Waals surface area contributed by atoms with Crippen LogP contribution >= 0.6 is 0 Å². The predicted octanol–water partition coefficient (Wildman–Crippen LogP) is 3.37. The molecule has 44 heavy (non-hydrogen) atoms. The third-order valence-electron chi connectivity index (χ3n) is 8.94. The molecule has 0 radical (unpaired) electrons. The van der Waals surface area contributed by atoms with Crippen LogP contribution in [0.4, 0.5) is 10.1 Å². The summed E-state index contributed by atoms with van der Waals surface area (Å²) in [5.41, 5.74) is 6.33. The zero-order valence-corrected chi connectivity index (χ0v) is 25.1. The molecular formula is C33H38FN7O3. The smallest absolute Gasteiger partial charge is 0.237 e. The van der Waals surface area contributed by atoms with Crippen molar-refractivity contribution in [1.82, 2.24) is 29.9 Å². The van der Waals surface area contributed by atoms with Crippen LogP contribution in [0, 0.1) is 5.82 Å². The lowest BCUT2D eigenvalue weighted by Crippen LogP contribution is -2.46. The summed E-state index contributed by atoms with van der Waals surface area (Å²) >= 11 is 0. The molecule has 7 rings (SSSR count). The van der Waals surface area contributed by atoms with Crippen molar-refractivity contribution in [3.8, 4) is 22.5 Å². The van der Waals surface area contributed by atoms with Crippen molar-refractivity contribution in [2.24, 2.45) is 0 Å². The average Bonchev–Trinajstić information content (AvgIpc) is 3.46. The largest absolute Gasteiger partial charge is 0.379 e. The fourth-order valence-corrected chi connectivity index (χ4v) is 6.37. The van der Waals surface area contributed by atoms with Crippen molar-refractivity contribution in [1.29, 1.82) is 0 Å². The normalized spacial score (nSPS) is 18.7. The van der Waals surface area contributed by atoms with E-state index in [-0.39, 0.29) is 18.3 Å². The van der Waals surface area contributed by atoms with Crippen LogP contribution in [0.5, 0.6) is 0 Å². The number of anilines is 1. The van der Waals surface area contributed by atoms with Crippen LogP contribution in [-0.2, 0) is 27.4 Å². The summed E-state index contributed by atoms with van der Waals surface area (Å²) < 4.78 is 26.9. The number of aromatic nitrogens is 3. The summed E-state index contributed by atoms with van der Waals surface area (Å²) in [5.74, 6) is -0.299. The minimum atomic E-state index is -0.353. The molecule has 0 aliphatic carbocycles. The van der Waals surface area contributed by atoms with Gasteiger partial charge < -0.3 is 24.2 Å². The number of likely N-dealkylation sites (N-methyl/N-ethyl adjacent to an activating group) is 1. The maximum absolute atomic E-state index is 15.3. The number of amides is 1. The first-order chi connectivity index (χ1) is 21.5. The summed E-state index contributed by atoms with van der Waals surface area (Å²) in [6.07, 6.45) is 1.71. The number of fused-ring (bicyclic) bond motifs is 6. The number of hydrogen-bond acceptors (Lipinski definition) is 8. The van der Waals surface area contributed by atoms with Gasteiger partial charge in [-0.2, -0.15) is 5.10 Å². The zero-order valence-electron chi connectivity index (χ0n) is 25.1. The average molecular weight is 600 g/mol. The highest BCUT2D eigenvalue weighted by Crippen LogP contribution is 2.35. The van der Waals surface area contributed by atoms with E-state index in [0.717, 1.165) is 72.7 Å². The van der Waals surface area contributed by atoms with Gasteiger partial charge in [-0.3, -0.25) is 19.8 Å². The number of morpholine rings is 1. The van der Waals surface area contributed by atoms with E-state index in [1.54, 1.807) is 12.3 Å². The van der Waals surface area contributed by atoms with Crippen molar-refractivity contribution in [3.05, 3.63) is 65.6 Å². The summed E-state index contributed by atoms with van der Waals surface area (Å²) in [7, 11) is 2.15. The number of hydrogen-bond donors (Lipinski definition) is 1. The Morgan fingerprint density at radius 2 is 1.77 bits per heavy atom. The molecule has 2 aromatic heterocycles. The van der Waals surface area contributed by atoms with Gasteiger partial charge in [0.15, 0.2) is 0 Å². The minimum absolute atomic E-state index is 0.0546. The summed E-state index contributed by atoms with van der Waals surface area (Å²) in [5, 5.41) is 8.65. The van der Waals surface area contributed by atoms with E-state index in [2.05, 4.69) is 55.1 Å². The highest BCUT2D eigenvalue weighted by atomic mass is 19.1. The molecule has 2 fully saturated rings. The number of carbonyl (C=O) groups excluding carboxylic acids is 1. The van der Waals surface area contributed by atoms with Crippen LogP contribution in [0.15, 0.2) is 48.7 Å². The Kier molecular flexibility index (Phi) is 8.26. The van der Waals surface area contributed by atoms with Gasteiger partial charge in [0.25, 0.3) is 0 Å². The van der Waals surface area contributed by atoms with Gasteiger partial charge in [-0.15, -0.1) is 0 Å². The van der Waals surface area contributed by atoms with Gasteiger partial charge in [0, 0.05) is 74.6 Å². The Labute approximate surface area is 256 Å². The molecule has 3 aliphatic heterocycles. The second-order valence-corrected chi connectivity index (χ2v) is 11.9. The summed E-state index contributed by atoms with van der Waals surface area (Å²) in [4.78, 5) is 27.3. The molecule has 2 saturated heterocycles. The topological polar surface area (TPSA) is 90.1 Å².